The van der Waals surface area contributed by atoms with Gasteiger partial charge in [-0.2, -0.15) is 0 Å². The van der Waals surface area contributed by atoms with Crippen LogP contribution in [0.3, 0.4) is 0 Å². The van der Waals surface area contributed by atoms with E-state index < -0.39 is 0 Å². The first-order chi connectivity index (χ1) is 7.00. The SMILES string of the molecule is CCC1=NC2=CN(C(C)(C)C)CCN2C1. The second-order valence-electron chi connectivity index (χ2n) is 5.30. The Kier molecular flexibility index (Phi) is 2.49. The lowest BCUT2D eigenvalue weighted by atomic mass is 10.1. The standard InChI is InChI=1S/C12H21N3/c1-5-10-8-14-6-7-15(12(2,3)4)9-11(14)13-10/h9H,5-8H2,1-4H3. The number of rotatable bonds is 1. The van der Waals surface area contributed by atoms with Gasteiger partial charge in [-0.15, -0.1) is 0 Å². The first-order valence-corrected chi connectivity index (χ1v) is 5.80. The summed E-state index contributed by atoms with van der Waals surface area (Å²) >= 11 is 0. The molecule has 2 heterocycles. The zero-order chi connectivity index (χ0) is 11.1. The Morgan fingerprint density at radius 1 is 1.33 bits per heavy atom. The molecular formula is C12H21N3. The highest BCUT2D eigenvalue weighted by atomic mass is 15.3. The molecule has 0 atom stereocenters. The molecule has 84 valence electrons. The predicted molar refractivity (Wildman–Crippen MR) is 63.8 cm³/mol. The van der Waals surface area contributed by atoms with Crippen molar-refractivity contribution >= 4 is 5.71 Å². The predicted octanol–water partition coefficient (Wildman–Crippen LogP) is 2.07. The molecule has 0 N–H and O–H groups in total. The maximum Gasteiger partial charge on any atom is 0.145 e. The first kappa shape index (κ1) is 10.5. The fraction of sp³-hybridized carbons (Fsp3) is 0.750. The normalized spacial score (nSPS) is 21.3. The van der Waals surface area contributed by atoms with E-state index in [2.05, 4.69) is 48.7 Å². The van der Waals surface area contributed by atoms with Crippen LogP contribution in [0, 0.1) is 0 Å². The third-order valence-corrected chi connectivity index (χ3v) is 3.12. The Morgan fingerprint density at radius 2 is 2.07 bits per heavy atom. The third kappa shape index (κ3) is 2.01. The van der Waals surface area contributed by atoms with Gasteiger partial charge in [-0.1, -0.05) is 6.92 Å². The summed E-state index contributed by atoms with van der Waals surface area (Å²) < 4.78 is 0. The minimum Gasteiger partial charge on any atom is -0.368 e. The lowest BCUT2D eigenvalue weighted by Crippen LogP contribution is -2.45. The molecule has 0 spiro atoms. The number of hydrogen-bond donors (Lipinski definition) is 0. The molecule has 0 unspecified atom stereocenters. The molecule has 2 rings (SSSR count). The van der Waals surface area contributed by atoms with Gasteiger partial charge >= 0.3 is 0 Å². The van der Waals surface area contributed by atoms with Crippen molar-refractivity contribution < 1.29 is 0 Å². The zero-order valence-electron chi connectivity index (χ0n) is 10.2. The van der Waals surface area contributed by atoms with E-state index in [0.29, 0.717) is 0 Å². The summed E-state index contributed by atoms with van der Waals surface area (Å²) in [6, 6.07) is 0. The van der Waals surface area contributed by atoms with E-state index in [-0.39, 0.29) is 5.54 Å². The van der Waals surface area contributed by atoms with Crippen LogP contribution in [0.5, 0.6) is 0 Å². The molecule has 2 aliphatic heterocycles. The van der Waals surface area contributed by atoms with Gasteiger partial charge in [0, 0.05) is 30.5 Å². The largest absolute Gasteiger partial charge is 0.368 e. The second kappa shape index (κ2) is 3.54. The van der Waals surface area contributed by atoms with E-state index in [1.54, 1.807) is 0 Å². The summed E-state index contributed by atoms with van der Waals surface area (Å²) in [5.41, 5.74) is 1.53. The van der Waals surface area contributed by atoms with E-state index in [9.17, 15) is 0 Å². The van der Waals surface area contributed by atoms with Crippen LogP contribution in [0.2, 0.25) is 0 Å². The monoisotopic (exact) mass is 207 g/mol. The van der Waals surface area contributed by atoms with E-state index in [1.807, 2.05) is 0 Å². The van der Waals surface area contributed by atoms with Crippen LogP contribution in [0.1, 0.15) is 34.1 Å². The number of aliphatic imine (C=N–C) groups is 1. The molecule has 0 fully saturated rings. The Morgan fingerprint density at radius 3 is 2.67 bits per heavy atom. The van der Waals surface area contributed by atoms with Gasteiger partial charge in [0.15, 0.2) is 0 Å². The molecule has 3 heteroatoms. The average molecular weight is 207 g/mol. The van der Waals surface area contributed by atoms with E-state index >= 15 is 0 Å². The summed E-state index contributed by atoms with van der Waals surface area (Å²) in [5, 5.41) is 0. The molecular weight excluding hydrogens is 186 g/mol. The van der Waals surface area contributed by atoms with E-state index in [0.717, 1.165) is 31.9 Å². The van der Waals surface area contributed by atoms with Crippen molar-refractivity contribution in [1.82, 2.24) is 9.80 Å². The van der Waals surface area contributed by atoms with Gasteiger partial charge in [0.05, 0.1) is 6.54 Å². The second-order valence-corrected chi connectivity index (χ2v) is 5.30. The fourth-order valence-electron chi connectivity index (χ4n) is 2.03. The third-order valence-electron chi connectivity index (χ3n) is 3.12. The van der Waals surface area contributed by atoms with Crippen LogP contribution in [0.15, 0.2) is 17.0 Å². The summed E-state index contributed by atoms with van der Waals surface area (Å²) in [6.45, 7) is 12.2. The lowest BCUT2D eigenvalue weighted by Gasteiger charge is -2.40. The molecule has 0 aromatic carbocycles. The Balaban J connectivity index is 2.18. The fourth-order valence-corrected chi connectivity index (χ4v) is 2.03. The highest BCUT2D eigenvalue weighted by molar-refractivity contribution is 5.89. The van der Waals surface area contributed by atoms with Gasteiger partial charge in [-0.3, -0.25) is 0 Å². The molecule has 0 bridgehead atoms. The highest BCUT2D eigenvalue weighted by Gasteiger charge is 2.28. The van der Waals surface area contributed by atoms with Crippen molar-refractivity contribution in [3.63, 3.8) is 0 Å². The van der Waals surface area contributed by atoms with Crippen LogP contribution in [-0.2, 0) is 0 Å². The van der Waals surface area contributed by atoms with Crippen LogP contribution in [0.4, 0.5) is 0 Å². The molecule has 0 saturated heterocycles. The lowest BCUT2D eigenvalue weighted by molar-refractivity contribution is 0.162. The molecule has 0 radical (unpaired) electrons. The highest BCUT2D eigenvalue weighted by Crippen LogP contribution is 2.24. The van der Waals surface area contributed by atoms with Gasteiger partial charge in [-0.05, 0) is 27.2 Å². The number of nitrogens with zero attached hydrogens (tertiary/aromatic N) is 3. The van der Waals surface area contributed by atoms with Crippen LogP contribution in [0.25, 0.3) is 0 Å². The molecule has 2 aliphatic rings. The van der Waals surface area contributed by atoms with Crippen LogP contribution in [-0.4, -0.2) is 40.7 Å². The minimum absolute atomic E-state index is 0.212. The van der Waals surface area contributed by atoms with E-state index in [4.69, 9.17) is 0 Å². The minimum atomic E-state index is 0.212. The van der Waals surface area contributed by atoms with Crippen molar-refractivity contribution in [2.75, 3.05) is 19.6 Å². The summed E-state index contributed by atoms with van der Waals surface area (Å²) in [6.07, 6.45) is 3.29. The molecule has 3 nitrogen and oxygen atoms in total. The Hall–Kier alpha value is -0.990. The van der Waals surface area contributed by atoms with Crippen molar-refractivity contribution in [3.8, 4) is 0 Å². The van der Waals surface area contributed by atoms with Crippen molar-refractivity contribution in [1.29, 1.82) is 0 Å². The van der Waals surface area contributed by atoms with Gasteiger partial charge < -0.3 is 9.80 Å². The summed E-state index contributed by atoms with van der Waals surface area (Å²) in [5.74, 6) is 1.16. The molecule has 0 aromatic heterocycles. The van der Waals surface area contributed by atoms with Crippen LogP contribution < -0.4 is 0 Å². The van der Waals surface area contributed by atoms with Gasteiger partial charge in [0.25, 0.3) is 0 Å². The Labute approximate surface area is 92.5 Å². The van der Waals surface area contributed by atoms with Gasteiger partial charge in [-0.25, -0.2) is 4.99 Å². The average Bonchev–Trinajstić information content (AvgIpc) is 2.57. The van der Waals surface area contributed by atoms with Gasteiger partial charge in [0.1, 0.15) is 5.82 Å². The zero-order valence-corrected chi connectivity index (χ0v) is 10.2. The summed E-state index contributed by atoms with van der Waals surface area (Å²) in [7, 11) is 0. The summed E-state index contributed by atoms with van der Waals surface area (Å²) in [4.78, 5) is 9.42. The maximum absolute atomic E-state index is 4.65. The van der Waals surface area contributed by atoms with Crippen molar-refractivity contribution in [3.05, 3.63) is 12.0 Å². The quantitative estimate of drug-likeness (QED) is 0.655. The van der Waals surface area contributed by atoms with Gasteiger partial charge in [0.2, 0.25) is 0 Å². The molecule has 15 heavy (non-hydrogen) atoms. The maximum atomic E-state index is 4.65. The van der Waals surface area contributed by atoms with Crippen LogP contribution >= 0.6 is 0 Å². The molecule has 0 aliphatic carbocycles. The van der Waals surface area contributed by atoms with Crippen molar-refractivity contribution in [2.24, 2.45) is 4.99 Å². The number of hydrogen-bond acceptors (Lipinski definition) is 3. The topological polar surface area (TPSA) is 18.8 Å². The van der Waals surface area contributed by atoms with Crippen molar-refractivity contribution in [2.45, 2.75) is 39.7 Å². The molecule has 0 aromatic rings. The molecule has 0 saturated carbocycles. The Bertz CT molecular complexity index is 309. The molecule has 0 amide bonds. The number of fused-ring (bicyclic) bond motifs is 1. The smallest absolute Gasteiger partial charge is 0.145 e. The first-order valence-electron chi connectivity index (χ1n) is 5.80. The van der Waals surface area contributed by atoms with E-state index in [1.165, 1.54) is 5.71 Å².